The maximum Gasteiger partial charge on any atom is 0.236 e. The van der Waals surface area contributed by atoms with Gasteiger partial charge in [-0.25, -0.2) is 0 Å². The van der Waals surface area contributed by atoms with Crippen molar-refractivity contribution in [2.75, 3.05) is 13.1 Å². The predicted octanol–water partition coefficient (Wildman–Crippen LogP) is 2.77. The quantitative estimate of drug-likeness (QED) is 0.489. The number of carbonyl (C=O) groups is 1. The van der Waals surface area contributed by atoms with E-state index in [0.717, 1.165) is 25.9 Å². The minimum Gasteiger partial charge on any atom is -0.355 e. The van der Waals surface area contributed by atoms with Crippen LogP contribution in [0.2, 0.25) is 0 Å². The van der Waals surface area contributed by atoms with Gasteiger partial charge in [0.25, 0.3) is 0 Å². The maximum atomic E-state index is 11.7. The van der Waals surface area contributed by atoms with Gasteiger partial charge in [0.1, 0.15) is 0 Å². The van der Waals surface area contributed by atoms with E-state index in [1.165, 1.54) is 32.1 Å². The average Bonchev–Trinajstić information content (AvgIpc) is 2.87. The summed E-state index contributed by atoms with van der Waals surface area (Å²) < 4.78 is 0. The Balaban J connectivity index is 2.03. The summed E-state index contributed by atoms with van der Waals surface area (Å²) in [6.07, 6.45) is 10.7. The second-order valence-corrected chi connectivity index (χ2v) is 5.18. The minimum absolute atomic E-state index is 0.0753. The van der Waals surface area contributed by atoms with Gasteiger partial charge in [0.05, 0.1) is 6.04 Å². The molecule has 0 spiro atoms. The van der Waals surface area contributed by atoms with Gasteiger partial charge in [-0.15, -0.1) is 0 Å². The van der Waals surface area contributed by atoms with Crippen LogP contribution in [0.25, 0.3) is 0 Å². The Bertz CT molecular complexity index is 274. The van der Waals surface area contributed by atoms with E-state index in [0.29, 0.717) is 0 Å². The third kappa shape index (κ3) is 6.20. The summed E-state index contributed by atoms with van der Waals surface area (Å²) in [6.45, 7) is 5.83. The third-order valence-corrected chi connectivity index (χ3v) is 3.50. The molecule has 1 aliphatic rings. The molecular weight excluding hydrogens is 224 g/mol. The average molecular weight is 252 g/mol. The predicted molar refractivity (Wildman–Crippen MR) is 76.6 cm³/mol. The number of unbranched alkanes of at least 4 members (excludes halogenated alkanes) is 2. The largest absolute Gasteiger partial charge is 0.355 e. The summed E-state index contributed by atoms with van der Waals surface area (Å²) >= 11 is 0. The highest BCUT2D eigenvalue weighted by atomic mass is 16.2. The molecule has 18 heavy (non-hydrogen) atoms. The number of hydrogen-bond donors (Lipinski definition) is 2. The molecule has 1 amide bonds. The Morgan fingerprint density at radius 2 is 2.22 bits per heavy atom. The van der Waals surface area contributed by atoms with E-state index < -0.39 is 0 Å². The molecule has 0 radical (unpaired) electrons. The molecule has 0 bridgehead atoms. The lowest BCUT2D eigenvalue weighted by Crippen LogP contribution is -2.42. The fraction of sp³-hybridized carbons (Fsp3) is 0.800. The Morgan fingerprint density at radius 3 is 2.89 bits per heavy atom. The first-order chi connectivity index (χ1) is 8.74. The number of allylic oxidation sites excluding steroid dienone is 1. The Morgan fingerprint density at radius 1 is 1.39 bits per heavy atom. The first-order valence-electron chi connectivity index (χ1n) is 7.43. The van der Waals surface area contributed by atoms with Crippen molar-refractivity contribution in [2.45, 2.75) is 64.8 Å². The highest BCUT2D eigenvalue weighted by molar-refractivity contribution is 5.81. The van der Waals surface area contributed by atoms with Gasteiger partial charge in [-0.1, -0.05) is 31.4 Å². The molecule has 0 heterocycles. The molecule has 0 aromatic rings. The highest BCUT2D eigenvalue weighted by Gasteiger charge is 2.11. The number of rotatable bonds is 9. The van der Waals surface area contributed by atoms with Gasteiger partial charge in [-0.05, 0) is 45.6 Å². The van der Waals surface area contributed by atoms with Crippen molar-refractivity contribution in [3.63, 3.8) is 0 Å². The summed E-state index contributed by atoms with van der Waals surface area (Å²) in [5.41, 5.74) is 1.55. The Labute approximate surface area is 111 Å². The van der Waals surface area contributed by atoms with Crippen molar-refractivity contribution in [3.8, 4) is 0 Å². The number of nitrogens with one attached hydrogen (secondary N) is 2. The molecule has 3 nitrogen and oxygen atoms in total. The molecule has 0 saturated carbocycles. The molecule has 1 unspecified atom stereocenters. The van der Waals surface area contributed by atoms with E-state index in [9.17, 15) is 4.79 Å². The van der Waals surface area contributed by atoms with Gasteiger partial charge in [0.15, 0.2) is 0 Å². The molecule has 104 valence electrons. The molecule has 0 aliphatic heterocycles. The number of carbonyl (C=O) groups excluding carboxylic acids is 1. The monoisotopic (exact) mass is 252 g/mol. The van der Waals surface area contributed by atoms with Crippen LogP contribution in [0, 0.1) is 0 Å². The van der Waals surface area contributed by atoms with E-state index in [-0.39, 0.29) is 11.9 Å². The topological polar surface area (TPSA) is 41.1 Å². The molecule has 1 aliphatic carbocycles. The van der Waals surface area contributed by atoms with Gasteiger partial charge in [-0.2, -0.15) is 0 Å². The third-order valence-electron chi connectivity index (χ3n) is 3.50. The van der Waals surface area contributed by atoms with Crippen LogP contribution in [-0.2, 0) is 4.79 Å². The van der Waals surface area contributed by atoms with Crippen LogP contribution in [0.4, 0.5) is 0 Å². The summed E-state index contributed by atoms with van der Waals surface area (Å²) in [5.74, 6) is 0.131. The van der Waals surface area contributed by atoms with Crippen molar-refractivity contribution < 1.29 is 4.79 Å². The van der Waals surface area contributed by atoms with Crippen molar-refractivity contribution in [1.29, 1.82) is 0 Å². The fourth-order valence-electron chi connectivity index (χ4n) is 2.25. The zero-order chi connectivity index (χ0) is 13.2. The van der Waals surface area contributed by atoms with Crippen molar-refractivity contribution in [3.05, 3.63) is 11.6 Å². The summed E-state index contributed by atoms with van der Waals surface area (Å²) in [5, 5.41) is 6.28. The van der Waals surface area contributed by atoms with Gasteiger partial charge in [0.2, 0.25) is 5.91 Å². The van der Waals surface area contributed by atoms with Gasteiger partial charge in [-0.3, -0.25) is 4.79 Å². The molecule has 0 saturated heterocycles. The maximum absolute atomic E-state index is 11.7. The van der Waals surface area contributed by atoms with E-state index in [1.54, 1.807) is 5.57 Å². The van der Waals surface area contributed by atoms with Gasteiger partial charge >= 0.3 is 0 Å². The SMILES string of the molecule is CCCCCNC(=O)C(C)NCCC1=CCCC1. The van der Waals surface area contributed by atoms with E-state index in [2.05, 4.69) is 23.6 Å². The molecule has 1 atom stereocenters. The zero-order valence-corrected chi connectivity index (χ0v) is 11.9. The number of hydrogen-bond acceptors (Lipinski definition) is 2. The fourth-order valence-corrected chi connectivity index (χ4v) is 2.25. The van der Waals surface area contributed by atoms with Crippen LogP contribution in [-0.4, -0.2) is 25.0 Å². The zero-order valence-electron chi connectivity index (χ0n) is 11.9. The molecular formula is C15H28N2O. The van der Waals surface area contributed by atoms with Gasteiger partial charge < -0.3 is 10.6 Å². The van der Waals surface area contributed by atoms with Crippen LogP contribution in [0.5, 0.6) is 0 Å². The first-order valence-corrected chi connectivity index (χ1v) is 7.43. The first kappa shape index (κ1) is 15.2. The van der Waals surface area contributed by atoms with Crippen molar-refractivity contribution >= 4 is 5.91 Å². The van der Waals surface area contributed by atoms with Crippen LogP contribution in [0.3, 0.4) is 0 Å². The number of amides is 1. The minimum atomic E-state index is -0.0753. The van der Waals surface area contributed by atoms with Crippen molar-refractivity contribution in [2.24, 2.45) is 0 Å². The normalized spacial score (nSPS) is 16.4. The van der Waals surface area contributed by atoms with Crippen LogP contribution < -0.4 is 10.6 Å². The smallest absolute Gasteiger partial charge is 0.236 e. The highest BCUT2D eigenvalue weighted by Crippen LogP contribution is 2.19. The molecule has 0 aromatic heterocycles. The molecule has 0 fully saturated rings. The molecule has 3 heteroatoms. The summed E-state index contributed by atoms with van der Waals surface area (Å²) in [6, 6.07) is -0.0753. The van der Waals surface area contributed by atoms with E-state index in [1.807, 2.05) is 6.92 Å². The van der Waals surface area contributed by atoms with Crippen LogP contribution >= 0.6 is 0 Å². The lowest BCUT2D eigenvalue weighted by atomic mass is 10.1. The summed E-state index contributed by atoms with van der Waals surface area (Å²) in [4.78, 5) is 11.7. The Kier molecular flexibility index (Phi) is 7.74. The van der Waals surface area contributed by atoms with Crippen LogP contribution in [0.15, 0.2) is 11.6 Å². The second-order valence-electron chi connectivity index (χ2n) is 5.18. The lowest BCUT2D eigenvalue weighted by Gasteiger charge is -2.14. The Hall–Kier alpha value is -0.830. The molecule has 1 rings (SSSR count). The standard InChI is InChI=1S/C15H28N2O/c1-3-4-7-11-17-15(18)13(2)16-12-10-14-8-5-6-9-14/h8,13,16H,3-7,9-12H2,1-2H3,(H,17,18). The summed E-state index contributed by atoms with van der Waals surface area (Å²) in [7, 11) is 0. The van der Waals surface area contributed by atoms with E-state index >= 15 is 0 Å². The lowest BCUT2D eigenvalue weighted by molar-refractivity contribution is -0.122. The van der Waals surface area contributed by atoms with Crippen LogP contribution in [0.1, 0.15) is 58.8 Å². The second kappa shape index (κ2) is 9.15. The van der Waals surface area contributed by atoms with Gasteiger partial charge in [0, 0.05) is 6.54 Å². The van der Waals surface area contributed by atoms with E-state index in [4.69, 9.17) is 0 Å². The molecule has 0 aromatic carbocycles. The molecule has 2 N–H and O–H groups in total. The van der Waals surface area contributed by atoms with Crippen molar-refractivity contribution in [1.82, 2.24) is 10.6 Å².